The van der Waals surface area contributed by atoms with Crippen LogP contribution in [0, 0.1) is 5.92 Å². The summed E-state index contributed by atoms with van der Waals surface area (Å²) in [5.41, 5.74) is -2.58. The highest BCUT2D eigenvalue weighted by atomic mass is 19.4. The summed E-state index contributed by atoms with van der Waals surface area (Å²) in [6, 6.07) is 3.45. The van der Waals surface area contributed by atoms with Crippen LogP contribution in [-0.2, 0) is 21.3 Å². The van der Waals surface area contributed by atoms with Crippen molar-refractivity contribution in [3.05, 3.63) is 35.4 Å². The van der Waals surface area contributed by atoms with Crippen molar-refractivity contribution in [1.82, 2.24) is 15.5 Å². The van der Waals surface area contributed by atoms with E-state index in [1.54, 1.807) is 0 Å². The molecule has 2 aliphatic rings. The van der Waals surface area contributed by atoms with Gasteiger partial charge in [-0.2, -0.15) is 13.2 Å². The lowest BCUT2D eigenvalue weighted by molar-refractivity contribution is -0.138. The number of imide groups is 1. The number of carbonyl (C=O) groups excluding carboxylic acids is 3. The second-order valence-electron chi connectivity index (χ2n) is 7.96. The molecule has 3 rings (SSSR count). The molecular formula is C20H24F3N3O3. The van der Waals surface area contributed by atoms with Crippen LogP contribution in [0.3, 0.4) is 0 Å². The van der Waals surface area contributed by atoms with Crippen LogP contribution >= 0.6 is 0 Å². The topological polar surface area (TPSA) is 78.5 Å². The molecule has 1 saturated heterocycles. The van der Waals surface area contributed by atoms with Crippen molar-refractivity contribution in [1.29, 1.82) is 0 Å². The summed E-state index contributed by atoms with van der Waals surface area (Å²) in [6.45, 7) is 2.91. The summed E-state index contributed by atoms with van der Waals surface area (Å²) in [4.78, 5) is 38.4. The molecule has 158 valence electrons. The molecule has 4 amide bonds. The molecule has 3 atom stereocenters. The monoisotopic (exact) mass is 411 g/mol. The molecule has 1 saturated carbocycles. The Morgan fingerprint density at radius 2 is 1.97 bits per heavy atom. The lowest BCUT2D eigenvalue weighted by Gasteiger charge is -2.30. The minimum atomic E-state index is -4.58. The molecule has 0 radical (unpaired) electrons. The van der Waals surface area contributed by atoms with Gasteiger partial charge < -0.3 is 10.6 Å². The SMILES string of the molecule is C[C@@H]1CCCC[C@@H]1NC(=O)CN1C(=O)N[C@](C)(c2cccc(C(F)(F)F)c2)C1=O. The number of halogens is 3. The van der Waals surface area contributed by atoms with Gasteiger partial charge in [-0.25, -0.2) is 4.79 Å². The number of urea groups is 1. The normalized spacial score (nSPS) is 27.7. The molecule has 0 aromatic heterocycles. The number of rotatable bonds is 4. The van der Waals surface area contributed by atoms with Gasteiger partial charge in [0.15, 0.2) is 0 Å². The van der Waals surface area contributed by atoms with E-state index in [9.17, 15) is 27.6 Å². The Hall–Kier alpha value is -2.58. The Labute approximate surface area is 166 Å². The van der Waals surface area contributed by atoms with Crippen LogP contribution in [0.4, 0.5) is 18.0 Å². The van der Waals surface area contributed by atoms with E-state index in [0.29, 0.717) is 5.92 Å². The predicted molar refractivity (Wildman–Crippen MR) is 98.6 cm³/mol. The van der Waals surface area contributed by atoms with E-state index < -0.39 is 41.7 Å². The van der Waals surface area contributed by atoms with E-state index in [2.05, 4.69) is 10.6 Å². The van der Waals surface area contributed by atoms with Gasteiger partial charge >= 0.3 is 12.2 Å². The molecule has 29 heavy (non-hydrogen) atoms. The Morgan fingerprint density at radius 1 is 1.28 bits per heavy atom. The first kappa shape index (κ1) is 21.1. The largest absolute Gasteiger partial charge is 0.416 e. The lowest BCUT2D eigenvalue weighted by Crippen LogP contribution is -2.47. The highest BCUT2D eigenvalue weighted by molar-refractivity contribution is 6.09. The van der Waals surface area contributed by atoms with E-state index in [0.717, 1.165) is 42.7 Å². The van der Waals surface area contributed by atoms with Crippen molar-refractivity contribution in [2.45, 2.75) is 57.3 Å². The number of nitrogens with zero attached hydrogens (tertiary/aromatic N) is 1. The minimum absolute atomic E-state index is 0.00753. The molecule has 1 aromatic rings. The van der Waals surface area contributed by atoms with Crippen molar-refractivity contribution in [2.75, 3.05) is 6.54 Å². The third-order valence-corrected chi connectivity index (χ3v) is 5.80. The van der Waals surface area contributed by atoms with E-state index >= 15 is 0 Å². The zero-order valence-electron chi connectivity index (χ0n) is 16.3. The fourth-order valence-electron chi connectivity index (χ4n) is 3.97. The first-order valence-corrected chi connectivity index (χ1v) is 9.63. The molecule has 9 heteroatoms. The fourth-order valence-corrected chi connectivity index (χ4v) is 3.97. The Morgan fingerprint density at radius 3 is 2.62 bits per heavy atom. The summed E-state index contributed by atoms with van der Waals surface area (Å²) >= 11 is 0. The molecular weight excluding hydrogens is 387 g/mol. The third kappa shape index (κ3) is 4.23. The summed E-state index contributed by atoms with van der Waals surface area (Å²) < 4.78 is 39.1. The zero-order valence-corrected chi connectivity index (χ0v) is 16.3. The maximum Gasteiger partial charge on any atom is 0.416 e. The number of alkyl halides is 3. The van der Waals surface area contributed by atoms with Crippen molar-refractivity contribution < 1.29 is 27.6 Å². The van der Waals surface area contributed by atoms with Gasteiger partial charge in [-0.3, -0.25) is 14.5 Å². The molecule has 0 bridgehead atoms. The summed E-state index contributed by atoms with van der Waals surface area (Å²) in [7, 11) is 0. The zero-order chi connectivity index (χ0) is 21.4. The third-order valence-electron chi connectivity index (χ3n) is 5.80. The maximum absolute atomic E-state index is 13.0. The van der Waals surface area contributed by atoms with Crippen molar-refractivity contribution >= 4 is 17.8 Å². The molecule has 1 aliphatic carbocycles. The molecule has 2 fully saturated rings. The molecule has 0 spiro atoms. The van der Waals surface area contributed by atoms with E-state index in [4.69, 9.17) is 0 Å². The van der Waals surface area contributed by atoms with Crippen LogP contribution in [0.5, 0.6) is 0 Å². The number of nitrogens with one attached hydrogen (secondary N) is 2. The number of amides is 4. The lowest BCUT2D eigenvalue weighted by atomic mass is 9.86. The van der Waals surface area contributed by atoms with Crippen LogP contribution in [0.15, 0.2) is 24.3 Å². The van der Waals surface area contributed by atoms with Crippen LogP contribution < -0.4 is 10.6 Å². The minimum Gasteiger partial charge on any atom is -0.352 e. The summed E-state index contributed by atoms with van der Waals surface area (Å²) in [6.07, 6.45) is -0.618. The van der Waals surface area contributed by atoms with Crippen LogP contribution in [-0.4, -0.2) is 35.3 Å². The van der Waals surface area contributed by atoms with E-state index in [1.807, 2.05) is 6.92 Å². The van der Waals surface area contributed by atoms with Gasteiger partial charge in [0.25, 0.3) is 5.91 Å². The molecule has 6 nitrogen and oxygen atoms in total. The van der Waals surface area contributed by atoms with Crippen molar-refractivity contribution in [2.24, 2.45) is 5.92 Å². The van der Waals surface area contributed by atoms with Crippen LogP contribution in [0.2, 0.25) is 0 Å². The first-order valence-electron chi connectivity index (χ1n) is 9.63. The highest BCUT2D eigenvalue weighted by Gasteiger charge is 2.50. The van der Waals surface area contributed by atoms with Gasteiger partial charge in [0.05, 0.1) is 5.56 Å². The quantitative estimate of drug-likeness (QED) is 0.747. The predicted octanol–water partition coefficient (Wildman–Crippen LogP) is 3.17. The average Bonchev–Trinajstić information content (AvgIpc) is 2.87. The van der Waals surface area contributed by atoms with Crippen molar-refractivity contribution in [3.63, 3.8) is 0 Å². The Kier molecular flexibility index (Phi) is 5.60. The molecule has 2 N–H and O–H groups in total. The standard InChI is InChI=1S/C20H24F3N3O3/c1-12-6-3-4-9-15(12)24-16(27)11-26-17(28)19(2,25-18(26)29)13-7-5-8-14(10-13)20(21,22)23/h5,7-8,10,12,15H,3-4,6,9,11H2,1-2H3,(H,24,27)(H,25,29)/t12-,15+,19-/m1/s1. The second kappa shape index (κ2) is 7.68. The van der Waals surface area contributed by atoms with E-state index in [-0.39, 0.29) is 11.6 Å². The summed E-state index contributed by atoms with van der Waals surface area (Å²) in [5.74, 6) is -0.902. The second-order valence-corrected chi connectivity index (χ2v) is 7.96. The van der Waals surface area contributed by atoms with Gasteiger partial charge in [0.1, 0.15) is 12.1 Å². The molecule has 1 aliphatic heterocycles. The number of hydrogen-bond donors (Lipinski definition) is 2. The van der Waals surface area contributed by atoms with Crippen molar-refractivity contribution in [3.8, 4) is 0 Å². The van der Waals surface area contributed by atoms with Gasteiger partial charge in [-0.1, -0.05) is 31.9 Å². The van der Waals surface area contributed by atoms with Crippen LogP contribution in [0.25, 0.3) is 0 Å². The van der Waals surface area contributed by atoms with Gasteiger partial charge in [-0.15, -0.1) is 0 Å². The maximum atomic E-state index is 13.0. The van der Waals surface area contributed by atoms with Gasteiger partial charge in [0, 0.05) is 6.04 Å². The molecule has 1 aromatic carbocycles. The molecule has 1 heterocycles. The van der Waals surface area contributed by atoms with Crippen LogP contribution in [0.1, 0.15) is 50.7 Å². The average molecular weight is 411 g/mol. The first-order chi connectivity index (χ1) is 13.5. The Balaban J connectivity index is 1.74. The smallest absolute Gasteiger partial charge is 0.352 e. The Bertz CT molecular complexity index is 827. The number of benzene rings is 1. The van der Waals surface area contributed by atoms with E-state index in [1.165, 1.54) is 19.1 Å². The molecule has 0 unspecified atom stereocenters. The number of hydrogen-bond acceptors (Lipinski definition) is 3. The van der Waals surface area contributed by atoms with Gasteiger partial charge in [-0.05, 0) is 43.4 Å². The van der Waals surface area contributed by atoms with Gasteiger partial charge in [0.2, 0.25) is 5.91 Å². The number of carbonyl (C=O) groups is 3. The fraction of sp³-hybridized carbons (Fsp3) is 0.550. The highest BCUT2D eigenvalue weighted by Crippen LogP contribution is 2.34. The summed E-state index contributed by atoms with van der Waals surface area (Å²) in [5, 5.41) is 5.30.